The van der Waals surface area contributed by atoms with Crippen LogP contribution >= 0.6 is 15.9 Å². The van der Waals surface area contributed by atoms with Crippen molar-refractivity contribution in [3.05, 3.63) is 34.9 Å². The first-order valence-electron chi connectivity index (χ1n) is 3.95. The predicted octanol–water partition coefficient (Wildman–Crippen LogP) is 2.18. The Morgan fingerprint density at radius 1 is 1.57 bits per heavy atom. The Bertz CT molecular complexity index is 360. The summed E-state index contributed by atoms with van der Waals surface area (Å²) in [5, 5.41) is 0.534. The molecule has 0 heterocycles. The molecule has 0 aromatic heterocycles. The highest BCUT2D eigenvalue weighted by molar-refractivity contribution is 9.08. The van der Waals surface area contributed by atoms with Crippen molar-refractivity contribution in [2.75, 3.05) is 7.11 Å². The van der Waals surface area contributed by atoms with Gasteiger partial charge in [0, 0.05) is 10.9 Å². The number of carbonyl (C=O) groups is 2. The van der Waals surface area contributed by atoms with E-state index >= 15 is 0 Å². The smallest absolute Gasteiger partial charge is 0.337 e. The number of methoxy groups -OCH3 is 1. The van der Waals surface area contributed by atoms with Gasteiger partial charge in [-0.2, -0.15) is 0 Å². The highest BCUT2D eigenvalue weighted by Gasteiger charge is 2.08. The molecule has 0 spiro atoms. The van der Waals surface area contributed by atoms with E-state index in [0.717, 1.165) is 11.8 Å². The largest absolute Gasteiger partial charge is 0.465 e. The lowest BCUT2D eigenvalue weighted by molar-refractivity contribution is 0.0600. The van der Waals surface area contributed by atoms with Gasteiger partial charge in [-0.25, -0.2) is 4.79 Å². The summed E-state index contributed by atoms with van der Waals surface area (Å²) < 4.78 is 4.57. The van der Waals surface area contributed by atoms with E-state index in [1.165, 1.54) is 7.11 Å². The molecule has 0 saturated carbocycles. The molecule has 0 aliphatic carbocycles. The van der Waals surface area contributed by atoms with Crippen molar-refractivity contribution in [3.63, 3.8) is 0 Å². The van der Waals surface area contributed by atoms with Gasteiger partial charge in [0.05, 0.1) is 12.7 Å². The lowest BCUT2D eigenvalue weighted by Gasteiger charge is -2.03. The minimum atomic E-state index is -0.398. The average Bonchev–Trinajstić information content (AvgIpc) is 2.26. The molecular formula is C10H9BrO3. The average molecular weight is 257 g/mol. The molecule has 4 heteroatoms. The summed E-state index contributed by atoms with van der Waals surface area (Å²) in [4.78, 5) is 21.8. The maximum absolute atomic E-state index is 11.2. The van der Waals surface area contributed by atoms with E-state index < -0.39 is 5.97 Å². The maximum Gasteiger partial charge on any atom is 0.337 e. The van der Waals surface area contributed by atoms with Gasteiger partial charge < -0.3 is 4.74 Å². The Labute approximate surface area is 90.2 Å². The molecule has 0 radical (unpaired) electrons. The van der Waals surface area contributed by atoms with E-state index in [9.17, 15) is 9.59 Å². The second-order valence-corrected chi connectivity index (χ2v) is 3.22. The van der Waals surface area contributed by atoms with Crippen LogP contribution in [-0.2, 0) is 10.1 Å². The minimum absolute atomic E-state index is 0.398. The molecule has 1 aromatic carbocycles. The molecule has 0 fully saturated rings. The van der Waals surface area contributed by atoms with E-state index in [1.807, 2.05) is 0 Å². The number of ether oxygens (including phenoxy) is 1. The van der Waals surface area contributed by atoms with Gasteiger partial charge in [0.1, 0.15) is 6.29 Å². The molecular weight excluding hydrogens is 248 g/mol. The molecule has 0 aliphatic rings. The second kappa shape index (κ2) is 4.91. The number of halogens is 1. The fraction of sp³-hybridized carbons (Fsp3) is 0.200. The predicted molar refractivity (Wildman–Crippen MR) is 55.8 cm³/mol. The van der Waals surface area contributed by atoms with Crippen molar-refractivity contribution >= 4 is 28.2 Å². The van der Waals surface area contributed by atoms with Crippen molar-refractivity contribution in [2.45, 2.75) is 5.33 Å². The van der Waals surface area contributed by atoms with Crippen molar-refractivity contribution in [1.29, 1.82) is 0 Å². The highest BCUT2D eigenvalue weighted by Crippen LogP contribution is 2.14. The molecule has 0 N–H and O–H groups in total. The topological polar surface area (TPSA) is 43.4 Å². The lowest BCUT2D eigenvalue weighted by Crippen LogP contribution is -2.02. The van der Waals surface area contributed by atoms with Crippen LogP contribution in [0.5, 0.6) is 0 Å². The van der Waals surface area contributed by atoms with Crippen LogP contribution in [0.3, 0.4) is 0 Å². The molecule has 0 bridgehead atoms. The molecule has 1 rings (SSSR count). The normalized spacial score (nSPS) is 9.57. The van der Waals surface area contributed by atoms with E-state index in [2.05, 4.69) is 20.7 Å². The molecule has 0 saturated heterocycles. The summed E-state index contributed by atoms with van der Waals surface area (Å²) in [7, 11) is 1.32. The first-order valence-corrected chi connectivity index (χ1v) is 5.07. The Kier molecular flexibility index (Phi) is 3.83. The van der Waals surface area contributed by atoms with Gasteiger partial charge in [0.2, 0.25) is 0 Å². The van der Waals surface area contributed by atoms with Crippen LogP contribution in [0.2, 0.25) is 0 Å². The van der Waals surface area contributed by atoms with Gasteiger partial charge >= 0.3 is 5.97 Å². The number of hydrogen-bond acceptors (Lipinski definition) is 3. The SMILES string of the molecule is COC(=O)c1ccc(C=O)c(CBr)c1. The van der Waals surface area contributed by atoms with Crippen molar-refractivity contribution in [2.24, 2.45) is 0 Å². The molecule has 3 nitrogen and oxygen atoms in total. The van der Waals surface area contributed by atoms with Crippen LogP contribution in [0.4, 0.5) is 0 Å². The zero-order valence-electron chi connectivity index (χ0n) is 7.62. The quantitative estimate of drug-likeness (QED) is 0.473. The second-order valence-electron chi connectivity index (χ2n) is 2.66. The zero-order valence-corrected chi connectivity index (χ0v) is 9.21. The minimum Gasteiger partial charge on any atom is -0.465 e. The molecule has 0 aliphatic heterocycles. The lowest BCUT2D eigenvalue weighted by atomic mass is 10.1. The monoisotopic (exact) mass is 256 g/mol. The third-order valence-corrected chi connectivity index (χ3v) is 2.44. The van der Waals surface area contributed by atoms with E-state index in [1.54, 1.807) is 18.2 Å². The molecule has 1 aromatic rings. The van der Waals surface area contributed by atoms with Crippen LogP contribution in [0.15, 0.2) is 18.2 Å². The van der Waals surface area contributed by atoms with Gasteiger partial charge in [-0.1, -0.05) is 22.0 Å². The van der Waals surface area contributed by atoms with Crippen LogP contribution in [0, 0.1) is 0 Å². The summed E-state index contributed by atoms with van der Waals surface area (Å²) in [5.74, 6) is -0.398. The van der Waals surface area contributed by atoms with E-state index in [-0.39, 0.29) is 0 Å². The summed E-state index contributed by atoms with van der Waals surface area (Å²) in [6.45, 7) is 0. The van der Waals surface area contributed by atoms with Gasteiger partial charge in [-0.15, -0.1) is 0 Å². The van der Waals surface area contributed by atoms with Crippen LogP contribution in [-0.4, -0.2) is 19.4 Å². The Hall–Kier alpha value is -1.16. The summed E-state index contributed by atoms with van der Waals surface area (Å²) in [6.07, 6.45) is 0.762. The van der Waals surface area contributed by atoms with Gasteiger partial charge in [-0.3, -0.25) is 4.79 Å². The maximum atomic E-state index is 11.2. The summed E-state index contributed by atoms with van der Waals surface area (Å²) in [5.41, 5.74) is 1.81. The van der Waals surface area contributed by atoms with Gasteiger partial charge in [0.25, 0.3) is 0 Å². The number of esters is 1. The van der Waals surface area contributed by atoms with E-state index in [0.29, 0.717) is 16.5 Å². The zero-order chi connectivity index (χ0) is 10.6. The molecule has 0 unspecified atom stereocenters. The first-order chi connectivity index (χ1) is 6.72. The number of alkyl halides is 1. The number of benzene rings is 1. The molecule has 0 amide bonds. The first kappa shape index (κ1) is 10.9. The Balaban J connectivity index is 3.13. The molecule has 0 atom stereocenters. The van der Waals surface area contributed by atoms with Crippen LogP contribution in [0.25, 0.3) is 0 Å². The van der Waals surface area contributed by atoms with Crippen LogP contribution < -0.4 is 0 Å². The Morgan fingerprint density at radius 3 is 2.79 bits per heavy atom. The number of rotatable bonds is 3. The molecule has 74 valence electrons. The standard InChI is InChI=1S/C10H9BrO3/c1-14-10(13)7-2-3-8(6-12)9(4-7)5-11/h2-4,6H,5H2,1H3. The van der Waals surface area contributed by atoms with Gasteiger partial charge in [0.15, 0.2) is 0 Å². The fourth-order valence-corrected chi connectivity index (χ4v) is 1.57. The third kappa shape index (κ3) is 2.20. The van der Waals surface area contributed by atoms with Crippen molar-refractivity contribution in [3.8, 4) is 0 Å². The van der Waals surface area contributed by atoms with Crippen LogP contribution in [0.1, 0.15) is 26.3 Å². The number of hydrogen-bond donors (Lipinski definition) is 0. The number of carbonyl (C=O) groups excluding carboxylic acids is 2. The van der Waals surface area contributed by atoms with Crippen molar-refractivity contribution < 1.29 is 14.3 Å². The van der Waals surface area contributed by atoms with Crippen molar-refractivity contribution in [1.82, 2.24) is 0 Å². The highest BCUT2D eigenvalue weighted by atomic mass is 79.9. The molecule has 14 heavy (non-hydrogen) atoms. The third-order valence-electron chi connectivity index (χ3n) is 1.84. The van der Waals surface area contributed by atoms with E-state index in [4.69, 9.17) is 0 Å². The van der Waals surface area contributed by atoms with Gasteiger partial charge in [-0.05, 0) is 17.7 Å². The summed E-state index contributed by atoms with van der Waals surface area (Å²) in [6, 6.07) is 4.82. The fourth-order valence-electron chi connectivity index (χ4n) is 1.08. The summed E-state index contributed by atoms with van der Waals surface area (Å²) >= 11 is 3.24. The Morgan fingerprint density at radius 2 is 2.29 bits per heavy atom. The number of aldehydes is 1.